The number of hydrogen-bond donors (Lipinski definition) is 2. The molecule has 2 N–H and O–H groups in total. The Balaban J connectivity index is 1.40. The standard InChI is InChI=1S/C39H29N5/c1-4-14-26(15-5-1)37-40-38(27-16-6-2-7-17-27)42-39(41-37)44-34-23-13-11-21-30(34)32-25-24-31-29-20-10-12-22-33(29)43(35(31)36(32)44)28-18-8-3-9-19-28/h1-25,37-38,40H,(H,41,42). The lowest BCUT2D eigenvalue weighted by Gasteiger charge is -2.32. The summed E-state index contributed by atoms with van der Waals surface area (Å²) in [6.45, 7) is 0. The summed E-state index contributed by atoms with van der Waals surface area (Å²) >= 11 is 0. The third-order valence-corrected chi connectivity index (χ3v) is 8.79. The number of benzene rings is 6. The summed E-state index contributed by atoms with van der Waals surface area (Å²) < 4.78 is 4.76. The Morgan fingerprint density at radius 3 is 1.59 bits per heavy atom. The number of fused-ring (bicyclic) bond motifs is 7. The molecule has 0 aliphatic carbocycles. The van der Waals surface area contributed by atoms with Crippen molar-refractivity contribution in [2.45, 2.75) is 12.3 Å². The highest BCUT2D eigenvalue weighted by Crippen LogP contribution is 2.40. The first-order valence-electron chi connectivity index (χ1n) is 15.1. The van der Waals surface area contributed by atoms with Crippen LogP contribution in [-0.2, 0) is 0 Å². The number of nitrogens with zero attached hydrogens (tertiary/aromatic N) is 3. The van der Waals surface area contributed by atoms with Gasteiger partial charge in [0, 0.05) is 27.2 Å². The van der Waals surface area contributed by atoms with Crippen molar-refractivity contribution in [1.82, 2.24) is 19.8 Å². The first kappa shape index (κ1) is 24.9. The molecule has 2 atom stereocenters. The van der Waals surface area contributed by atoms with Gasteiger partial charge in [0.2, 0.25) is 5.96 Å². The van der Waals surface area contributed by atoms with E-state index in [9.17, 15) is 0 Å². The SMILES string of the molecule is c1ccc(C2N=C(n3c4ccccc4c4ccc5c6ccccc6n(-c6ccccc6)c5c43)NC(c3ccccc3)N2)cc1. The largest absolute Gasteiger partial charge is 0.336 e. The second-order valence-electron chi connectivity index (χ2n) is 11.3. The Kier molecular flexibility index (Phi) is 5.64. The van der Waals surface area contributed by atoms with Crippen LogP contribution in [0, 0.1) is 0 Å². The Hall–Kier alpha value is -5.65. The van der Waals surface area contributed by atoms with E-state index < -0.39 is 0 Å². The van der Waals surface area contributed by atoms with Crippen LogP contribution in [0.3, 0.4) is 0 Å². The minimum Gasteiger partial charge on any atom is -0.336 e. The van der Waals surface area contributed by atoms with Crippen LogP contribution in [0.25, 0.3) is 49.3 Å². The molecular formula is C39H29N5. The van der Waals surface area contributed by atoms with E-state index in [0.717, 1.165) is 33.8 Å². The lowest BCUT2D eigenvalue weighted by Crippen LogP contribution is -2.47. The van der Waals surface area contributed by atoms with Gasteiger partial charge < -0.3 is 9.88 Å². The zero-order chi connectivity index (χ0) is 29.0. The van der Waals surface area contributed by atoms with E-state index in [1.807, 2.05) is 0 Å². The van der Waals surface area contributed by atoms with Gasteiger partial charge in [-0.2, -0.15) is 0 Å². The van der Waals surface area contributed by atoms with Crippen LogP contribution in [0.1, 0.15) is 23.5 Å². The predicted octanol–water partition coefficient (Wildman–Crippen LogP) is 8.69. The third-order valence-electron chi connectivity index (χ3n) is 8.79. The Bertz CT molecular complexity index is 2330. The number of aromatic nitrogens is 2. The van der Waals surface area contributed by atoms with E-state index in [2.05, 4.69) is 171 Å². The summed E-state index contributed by atoms with van der Waals surface area (Å²) in [6.07, 6.45) is -0.364. The predicted molar refractivity (Wildman–Crippen MR) is 181 cm³/mol. The van der Waals surface area contributed by atoms with E-state index in [1.54, 1.807) is 0 Å². The maximum absolute atomic E-state index is 5.38. The molecule has 5 nitrogen and oxygen atoms in total. The zero-order valence-corrected chi connectivity index (χ0v) is 23.9. The first-order chi connectivity index (χ1) is 21.8. The molecule has 0 radical (unpaired) electrons. The van der Waals surface area contributed by atoms with Gasteiger partial charge in [0.25, 0.3) is 0 Å². The van der Waals surface area contributed by atoms with E-state index in [-0.39, 0.29) is 12.3 Å². The van der Waals surface area contributed by atoms with Crippen molar-refractivity contribution in [1.29, 1.82) is 0 Å². The van der Waals surface area contributed by atoms with Crippen LogP contribution in [0.4, 0.5) is 0 Å². The van der Waals surface area contributed by atoms with E-state index in [4.69, 9.17) is 4.99 Å². The Morgan fingerprint density at radius 1 is 0.455 bits per heavy atom. The molecule has 0 fully saturated rings. The zero-order valence-electron chi connectivity index (χ0n) is 23.9. The summed E-state index contributed by atoms with van der Waals surface area (Å²) in [6, 6.07) is 53.7. The van der Waals surface area contributed by atoms with Gasteiger partial charge in [-0.1, -0.05) is 127 Å². The third kappa shape index (κ3) is 3.80. The second-order valence-corrected chi connectivity index (χ2v) is 11.3. The van der Waals surface area contributed by atoms with Crippen LogP contribution in [0.2, 0.25) is 0 Å². The van der Waals surface area contributed by atoms with Crippen molar-refractivity contribution in [3.05, 3.63) is 163 Å². The minimum atomic E-state index is -0.229. The van der Waals surface area contributed by atoms with E-state index in [1.165, 1.54) is 32.6 Å². The molecular weight excluding hydrogens is 538 g/mol. The lowest BCUT2D eigenvalue weighted by molar-refractivity contribution is 0.403. The van der Waals surface area contributed by atoms with Crippen LogP contribution < -0.4 is 10.6 Å². The van der Waals surface area contributed by atoms with Gasteiger partial charge in [-0.05, 0) is 35.4 Å². The summed E-state index contributed by atoms with van der Waals surface area (Å²) in [5.41, 5.74) is 8.01. The van der Waals surface area contributed by atoms with Crippen molar-refractivity contribution in [3.63, 3.8) is 0 Å². The average Bonchev–Trinajstić information content (AvgIpc) is 3.62. The molecule has 0 spiro atoms. The second kappa shape index (κ2) is 9.97. The maximum Gasteiger partial charge on any atom is 0.206 e. The van der Waals surface area contributed by atoms with Crippen molar-refractivity contribution >= 4 is 49.6 Å². The van der Waals surface area contributed by atoms with E-state index >= 15 is 0 Å². The molecule has 210 valence electrons. The van der Waals surface area contributed by atoms with Gasteiger partial charge in [0.05, 0.1) is 22.1 Å². The fourth-order valence-electron chi connectivity index (χ4n) is 6.84. The van der Waals surface area contributed by atoms with Crippen molar-refractivity contribution < 1.29 is 0 Å². The molecule has 2 aromatic heterocycles. The van der Waals surface area contributed by atoms with Gasteiger partial charge in [-0.3, -0.25) is 9.88 Å². The number of aliphatic imine (C=N–C) groups is 1. The van der Waals surface area contributed by atoms with Gasteiger partial charge in [0.15, 0.2) is 0 Å². The smallest absolute Gasteiger partial charge is 0.206 e. The topological polar surface area (TPSA) is 46.3 Å². The molecule has 1 aliphatic heterocycles. The lowest BCUT2D eigenvalue weighted by atomic mass is 10.1. The summed E-state index contributed by atoms with van der Waals surface area (Å²) in [4.78, 5) is 5.38. The van der Waals surface area contributed by atoms with E-state index in [0.29, 0.717) is 0 Å². The van der Waals surface area contributed by atoms with Gasteiger partial charge in [-0.25, -0.2) is 4.99 Å². The Morgan fingerprint density at radius 2 is 0.955 bits per heavy atom. The van der Waals surface area contributed by atoms with Crippen molar-refractivity contribution in [2.75, 3.05) is 0 Å². The molecule has 0 saturated carbocycles. The molecule has 6 aromatic carbocycles. The molecule has 3 heterocycles. The highest BCUT2D eigenvalue weighted by atomic mass is 15.4. The fraction of sp³-hybridized carbons (Fsp3) is 0.0513. The highest BCUT2D eigenvalue weighted by molar-refractivity contribution is 6.25. The summed E-state index contributed by atoms with van der Waals surface area (Å²) in [5, 5.41) is 12.4. The van der Waals surface area contributed by atoms with Crippen LogP contribution in [-0.4, -0.2) is 15.1 Å². The van der Waals surface area contributed by atoms with Gasteiger partial charge in [0.1, 0.15) is 12.3 Å². The quantitative estimate of drug-likeness (QED) is 0.224. The van der Waals surface area contributed by atoms with Crippen LogP contribution in [0.15, 0.2) is 157 Å². The molecule has 2 unspecified atom stereocenters. The normalized spacial score (nSPS) is 16.9. The number of rotatable bonds is 3. The maximum atomic E-state index is 5.38. The van der Waals surface area contributed by atoms with Crippen LogP contribution in [0.5, 0.6) is 0 Å². The number of para-hydroxylation sites is 3. The Labute approximate surface area is 254 Å². The highest BCUT2D eigenvalue weighted by Gasteiger charge is 2.29. The van der Waals surface area contributed by atoms with Crippen molar-refractivity contribution in [2.24, 2.45) is 4.99 Å². The molecule has 0 amide bonds. The molecule has 0 saturated heterocycles. The molecule has 0 bridgehead atoms. The van der Waals surface area contributed by atoms with Crippen molar-refractivity contribution in [3.8, 4) is 5.69 Å². The number of hydrogen-bond acceptors (Lipinski definition) is 3. The van der Waals surface area contributed by atoms with Crippen LogP contribution >= 0.6 is 0 Å². The molecule has 5 heteroatoms. The molecule has 8 aromatic rings. The summed E-state index contributed by atoms with van der Waals surface area (Å²) in [5.74, 6) is 0.815. The molecule has 1 aliphatic rings. The fourth-order valence-corrected chi connectivity index (χ4v) is 6.84. The monoisotopic (exact) mass is 567 g/mol. The van der Waals surface area contributed by atoms with Gasteiger partial charge in [-0.15, -0.1) is 0 Å². The summed E-state index contributed by atoms with van der Waals surface area (Å²) in [7, 11) is 0. The first-order valence-corrected chi connectivity index (χ1v) is 15.1. The van der Waals surface area contributed by atoms with Gasteiger partial charge >= 0.3 is 0 Å². The average molecular weight is 568 g/mol. The molecule has 44 heavy (non-hydrogen) atoms. The minimum absolute atomic E-state index is 0.135. The number of nitrogens with one attached hydrogen (secondary N) is 2. The molecule has 9 rings (SSSR count).